The van der Waals surface area contributed by atoms with E-state index in [1.807, 2.05) is 12.1 Å². The minimum atomic E-state index is 0.474. The molecule has 1 fully saturated rings. The van der Waals surface area contributed by atoms with Crippen molar-refractivity contribution in [3.63, 3.8) is 0 Å². The van der Waals surface area contributed by atoms with E-state index < -0.39 is 0 Å². The lowest BCUT2D eigenvalue weighted by Gasteiger charge is -2.30. The number of nitrogens with zero attached hydrogens (tertiary/aromatic N) is 4. The molecule has 1 atom stereocenters. The van der Waals surface area contributed by atoms with Gasteiger partial charge in [-0.25, -0.2) is 0 Å². The van der Waals surface area contributed by atoms with Crippen LogP contribution in [-0.2, 0) is 0 Å². The molecule has 2 aromatic heterocycles. The van der Waals surface area contributed by atoms with E-state index in [0.717, 1.165) is 37.0 Å². The van der Waals surface area contributed by atoms with Gasteiger partial charge in [-0.3, -0.25) is 10.1 Å². The summed E-state index contributed by atoms with van der Waals surface area (Å²) in [6.07, 6.45) is 3.51. The molecule has 2 N–H and O–H groups in total. The van der Waals surface area contributed by atoms with E-state index in [1.165, 1.54) is 0 Å². The highest BCUT2D eigenvalue weighted by molar-refractivity contribution is 5.55. The molecule has 0 aromatic carbocycles. The van der Waals surface area contributed by atoms with Crippen LogP contribution in [0.4, 0.5) is 5.95 Å². The Balaban J connectivity index is 1.81. The molecular formula is C12H16N6. The lowest BCUT2D eigenvalue weighted by atomic mass is 10.2. The maximum absolute atomic E-state index is 4.54. The molecule has 0 aliphatic carbocycles. The molecule has 6 heteroatoms. The van der Waals surface area contributed by atoms with E-state index in [9.17, 15) is 0 Å². The zero-order valence-electron chi connectivity index (χ0n) is 10.3. The fourth-order valence-electron chi connectivity index (χ4n) is 2.15. The average molecular weight is 244 g/mol. The van der Waals surface area contributed by atoms with Crippen LogP contribution in [0, 0.1) is 0 Å². The molecule has 1 aliphatic heterocycles. The van der Waals surface area contributed by atoms with Gasteiger partial charge in [0.15, 0.2) is 5.82 Å². The van der Waals surface area contributed by atoms with Gasteiger partial charge in [0.2, 0.25) is 5.95 Å². The average Bonchev–Trinajstić information content (AvgIpc) is 2.89. The molecule has 0 radical (unpaired) electrons. The van der Waals surface area contributed by atoms with Crippen molar-refractivity contribution >= 4 is 5.95 Å². The third kappa shape index (κ3) is 2.19. The highest BCUT2D eigenvalue weighted by Gasteiger charge is 2.19. The van der Waals surface area contributed by atoms with Gasteiger partial charge in [-0.2, -0.15) is 4.98 Å². The lowest BCUT2D eigenvalue weighted by Crippen LogP contribution is -2.49. The van der Waals surface area contributed by atoms with Crippen molar-refractivity contribution in [2.75, 3.05) is 24.5 Å². The van der Waals surface area contributed by atoms with Gasteiger partial charge in [0, 0.05) is 43.6 Å². The van der Waals surface area contributed by atoms with Gasteiger partial charge in [-0.15, -0.1) is 5.10 Å². The van der Waals surface area contributed by atoms with Crippen molar-refractivity contribution in [2.45, 2.75) is 13.0 Å². The Hall–Kier alpha value is -1.95. The summed E-state index contributed by atoms with van der Waals surface area (Å²) in [5.74, 6) is 1.56. The Kier molecular flexibility index (Phi) is 2.93. The number of nitrogens with one attached hydrogen (secondary N) is 2. The molecule has 6 nitrogen and oxygen atoms in total. The molecule has 2 aromatic rings. The maximum Gasteiger partial charge on any atom is 0.245 e. The Labute approximate surface area is 105 Å². The number of aromatic amines is 1. The second kappa shape index (κ2) is 4.73. The van der Waals surface area contributed by atoms with Crippen molar-refractivity contribution < 1.29 is 0 Å². The van der Waals surface area contributed by atoms with Crippen LogP contribution in [0.5, 0.6) is 0 Å². The summed E-state index contributed by atoms with van der Waals surface area (Å²) in [4.78, 5) is 10.7. The molecule has 1 aliphatic rings. The highest BCUT2D eigenvalue weighted by Crippen LogP contribution is 2.17. The van der Waals surface area contributed by atoms with Crippen molar-refractivity contribution in [1.29, 1.82) is 0 Å². The third-order valence-corrected chi connectivity index (χ3v) is 3.08. The van der Waals surface area contributed by atoms with Crippen molar-refractivity contribution in [2.24, 2.45) is 0 Å². The summed E-state index contributed by atoms with van der Waals surface area (Å²) in [5, 5.41) is 10.7. The molecular weight excluding hydrogens is 228 g/mol. The summed E-state index contributed by atoms with van der Waals surface area (Å²) in [7, 11) is 0. The van der Waals surface area contributed by atoms with Gasteiger partial charge in [0.05, 0.1) is 0 Å². The van der Waals surface area contributed by atoms with Crippen LogP contribution in [0.15, 0.2) is 24.5 Å². The Morgan fingerprint density at radius 1 is 1.33 bits per heavy atom. The van der Waals surface area contributed by atoms with Gasteiger partial charge >= 0.3 is 0 Å². The maximum atomic E-state index is 4.54. The van der Waals surface area contributed by atoms with E-state index in [2.05, 4.69) is 37.3 Å². The SMILES string of the molecule is C[C@H]1CN(c2n[nH]c(-c3ccncc3)n2)CCN1. The van der Waals surface area contributed by atoms with Crippen LogP contribution in [-0.4, -0.2) is 45.8 Å². The summed E-state index contributed by atoms with van der Waals surface area (Å²) >= 11 is 0. The van der Waals surface area contributed by atoms with Gasteiger partial charge in [0.25, 0.3) is 0 Å². The Morgan fingerprint density at radius 2 is 2.17 bits per heavy atom. The van der Waals surface area contributed by atoms with E-state index in [-0.39, 0.29) is 0 Å². The van der Waals surface area contributed by atoms with Crippen molar-refractivity contribution in [1.82, 2.24) is 25.5 Å². The first-order valence-electron chi connectivity index (χ1n) is 6.14. The van der Waals surface area contributed by atoms with Gasteiger partial charge < -0.3 is 10.2 Å². The topological polar surface area (TPSA) is 69.7 Å². The van der Waals surface area contributed by atoms with Gasteiger partial charge in [-0.1, -0.05) is 0 Å². The summed E-state index contributed by atoms with van der Waals surface area (Å²) in [6, 6.07) is 4.32. The second-order valence-corrected chi connectivity index (χ2v) is 4.52. The predicted octanol–water partition coefficient (Wildman–Crippen LogP) is 0.665. The quantitative estimate of drug-likeness (QED) is 0.812. The highest BCUT2D eigenvalue weighted by atomic mass is 15.4. The van der Waals surface area contributed by atoms with Crippen LogP contribution in [0.25, 0.3) is 11.4 Å². The number of piperazine rings is 1. The Morgan fingerprint density at radius 3 is 2.94 bits per heavy atom. The molecule has 0 saturated carbocycles. The summed E-state index contributed by atoms with van der Waals surface area (Å²) in [5.41, 5.74) is 1.01. The molecule has 0 unspecified atom stereocenters. The van der Waals surface area contributed by atoms with Crippen LogP contribution < -0.4 is 10.2 Å². The fraction of sp³-hybridized carbons (Fsp3) is 0.417. The standard InChI is InChI=1S/C12H16N6/c1-9-8-18(7-6-14-9)12-15-11(16-17-12)10-2-4-13-5-3-10/h2-5,9,14H,6-8H2,1H3,(H,15,16,17)/t9-/m0/s1. The molecule has 0 amide bonds. The number of rotatable bonds is 2. The van der Waals surface area contributed by atoms with Gasteiger partial charge in [0.1, 0.15) is 0 Å². The first-order valence-corrected chi connectivity index (χ1v) is 6.14. The van der Waals surface area contributed by atoms with Crippen LogP contribution >= 0.6 is 0 Å². The smallest absolute Gasteiger partial charge is 0.245 e. The van der Waals surface area contributed by atoms with Crippen molar-refractivity contribution in [3.05, 3.63) is 24.5 Å². The fourth-order valence-corrected chi connectivity index (χ4v) is 2.15. The molecule has 3 heterocycles. The third-order valence-electron chi connectivity index (χ3n) is 3.08. The Bertz CT molecular complexity index is 508. The number of hydrogen-bond donors (Lipinski definition) is 2. The van der Waals surface area contributed by atoms with Crippen LogP contribution in [0.2, 0.25) is 0 Å². The number of hydrogen-bond acceptors (Lipinski definition) is 5. The van der Waals surface area contributed by atoms with E-state index in [1.54, 1.807) is 12.4 Å². The van der Waals surface area contributed by atoms with Gasteiger partial charge in [-0.05, 0) is 19.1 Å². The zero-order valence-corrected chi connectivity index (χ0v) is 10.3. The first kappa shape index (κ1) is 11.2. The van der Waals surface area contributed by atoms with Crippen molar-refractivity contribution in [3.8, 4) is 11.4 Å². The van der Waals surface area contributed by atoms with Crippen LogP contribution in [0.3, 0.4) is 0 Å². The van der Waals surface area contributed by atoms with E-state index in [0.29, 0.717) is 6.04 Å². The largest absolute Gasteiger partial charge is 0.337 e. The molecule has 94 valence electrons. The summed E-state index contributed by atoms with van der Waals surface area (Å²) < 4.78 is 0. The molecule has 18 heavy (non-hydrogen) atoms. The summed E-state index contributed by atoms with van der Waals surface area (Å²) in [6.45, 7) is 5.02. The number of anilines is 1. The first-order chi connectivity index (χ1) is 8.83. The molecule has 3 rings (SSSR count). The van der Waals surface area contributed by atoms with E-state index >= 15 is 0 Å². The second-order valence-electron chi connectivity index (χ2n) is 4.52. The van der Waals surface area contributed by atoms with Crippen LogP contribution in [0.1, 0.15) is 6.92 Å². The normalized spacial score (nSPS) is 20.1. The number of pyridine rings is 1. The monoisotopic (exact) mass is 244 g/mol. The number of aromatic nitrogens is 4. The molecule has 0 bridgehead atoms. The van der Waals surface area contributed by atoms with E-state index in [4.69, 9.17) is 0 Å². The zero-order chi connectivity index (χ0) is 12.4. The number of H-pyrrole nitrogens is 1. The molecule has 1 saturated heterocycles. The minimum Gasteiger partial charge on any atom is -0.337 e. The lowest BCUT2D eigenvalue weighted by molar-refractivity contribution is 0.480. The molecule has 0 spiro atoms. The minimum absolute atomic E-state index is 0.474. The predicted molar refractivity (Wildman–Crippen MR) is 69.3 cm³/mol.